The Morgan fingerprint density at radius 3 is 3.18 bits per heavy atom. The van der Waals surface area contributed by atoms with E-state index in [1.165, 1.54) is 11.8 Å². The lowest BCUT2D eigenvalue weighted by molar-refractivity contribution is -0.142. The molecule has 1 unspecified atom stereocenters. The van der Waals surface area contributed by atoms with E-state index in [2.05, 4.69) is 4.98 Å². The number of carbonyl (C=O) groups excluding carboxylic acids is 1. The standard InChI is InChI=1S/C12H14N2O2S/c1-3-16-11(15)9(2)17-12-13-8-10-6-4-5-7-14(10)12/h4-9H,3H2,1-2H3. The van der Waals surface area contributed by atoms with E-state index in [4.69, 9.17) is 4.74 Å². The Morgan fingerprint density at radius 1 is 1.59 bits per heavy atom. The van der Waals surface area contributed by atoms with E-state index >= 15 is 0 Å². The maximum Gasteiger partial charge on any atom is 0.319 e. The van der Waals surface area contributed by atoms with Crippen molar-refractivity contribution in [2.45, 2.75) is 24.3 Å². The van der Waals surface area contributed by atoms with Gasteiger partial charge in [-0.1, -0.05) is 17.8 Å². The molecule has 0 bridgehead atoms. The zero-order chi connectivity index (χ0) is 12.3. The Balaban J connectivity index is 2.16. The van der Waals surface area contributed by atoms with Gasteiger partial charge in [-0.05, 0) is 26.0 Å². The van der Waals surface area contributed by atoms with Gasteiger partial charge in [-0.2, -0.15) is 0 Å². The van der Waals surface area contributed by atoms with Crippen molar-refractivity contribution in [2.75, 3.05) is 6.61 Å². The minimum absolute atomic E-state index is 0.204. The van der Waals surface area contributed by atoms with Crippen molar-refractivity contribution in [1.82, 2.24) is 9.38 Å². The van der Waals surface area contributed by atoms with E-state index in [-0.39, 0.29) is 11.2 Å². The van der Waals surface area contributed by atoms with Gasteiger partial charge in [-0.25, -0.2) is 4.98 Å². The summed E-state index contributed by atoms with van der Waals surface area (Å²) in [6.07, 6.45) is 3.72. The second-order valence-electron chi connectivity index (χ2n) is 3.55. The van der Waals surface area contributed by atoms with E-state index in [1.807, 2.05) is 35.7 Å². The Morgan fingerprint density at radius 2 is 2.41 bits per heavy atom. The predicted molar refractivity (Wildman–Crippen MR) is 67.1 cm³/mol. The van der Waals surface area contributed by atoms with Gasteiger partial charge in [0, 0.05) is 6.20 Å². The van der Waals surface area contributed by atoms with Crippen LogP contribution in [0, 0.1) is 0 Å². The number of thioether (sulfide) groups is 1. The number of ether oxygens (including phenoxy) is 1. The molecule has 2 aromatic rings. The van der Waals surface area contributed by atoms with Crippen LogP contribution in [0.3, 0.4) is 0 Å². The fourth-order valence-electron chi connectivity index (χ4n) is 1.47. The summed E-state index contributed by atoms with van der Waals surface area (Å²) in [5.41, 5.74) is 1.02. The van der Waals surface area contributed by atoms with Crippen LogP contribution < -0.4 is 0 Å². The minimum Gasteiger partial charge on any atom is -0.465 e. The van der Waals surface area contributed by atoms with Crippen LogP contribution in [0.15, 0.2) is 35.7 Å². The second kappa shape index (κ2) is 5.23. The summed E-state index contributed by atoms with van der Waals surface area (Å²) in [5, 5.41) is 0.557. The molecular weight excluding hydrogens is 236 g/mol. The predicted octanol–water partition coefficient (Wildman–Crippen LogP) is 2.38. The molecule has 0 radical (unpaired) electrons. The van der Waals surface area contributed by atoms with Crippen LogP contribution in [-0.2, 0) is 9.53 Å². The highest BCUT2D eigenvalue weighted by Crippen LogP contribution is 2.23. The number of carbonyl (C=O) groups is 1. The van der Waals surface area contributed by atoms with Crippen LogP contribution in [-0.4, -0.2) is 27.2 Å². The number of pyridine rings is 1. The van der Waals surface area contributed by atoms with Crippen molar-refractivity contribution in [3.8, 4) is 0 Å². The lowest BCUT2D eigenvalue weighted by Gasteiger charge is -2.08. The monoisotopic (exact) mass is 250 g/mol. The van der Waals surface area contributed by atoms with Crippen LogP contribution >= 0.6 is 11.8 Å². The number of hydrogen-bond donors (Lipinski definition) is 0. The second-order valence-corrected chi connectivity index (χ2v) is 4.86. The van der Waals surface area contributed by atoms with Gasteiger partial charge in [-0.3, -0.25) is 9.20 Å². The third-order valence-corrected chi connectivity index (χ3v) is 3.36. The topological polar surface area (TPSA) is 43.6 Å². The first-order chi connectivity index (χ1) is 8.22. The Hall–Kier alpha value is -1.49. The van der Waals surface area contributed by atoms with Gasteiger partial charge >= 0.3 is 5.97 Å². The fourth-order valence-corrected chi connectivity index (χ4v) is 2.35. The van der Waals surface area contributed by atoms with Crippen LogP contribution in [0.1, 0.15) is 13.8 Å². The Bertz CT molecular complexity index is 524. The molecule has 2 rings (SSSR count). The maximum absolute atomic E-state index is 11.5. The summed E-state index contributed by atoms with van der Waals surface area (Å²) in [5.74, 6) is -0.204. The van der Waals surface area contributed by atoms with Crippen molar-refractivity contribution in [3.63, 3.8) is 0 Å². The summed E-state index contributed by atoms with van der Waals surface area (Å²) >= 11 is 1.41. The molecule has 2 aromatic heterocycles. The number of esters is 1. The Kier molecular flexibility index (Phi) is 3.68. The lowest BCUT2D eigenvalue weighted by Crippen LogP contribution is -2.17. The fraction of sp³-hybridized carbons (Fsp3) is 0.333. The van der Waals surface area contributed by atoms with Crippen molar-refractivity contribution < 1.29 is 9.53 Å². The van der Waals surface area contributed by atoms with Crippen molar-refractivity contribution in [2.24, 2.45) is 0 Å². The summed E-state index contributed by atoms with van der Waals surface area (Å²) in [7, 11) is 0. The minimum atomic E-state index is -0.249. The number of aromatic nitrogens is 2. The number of nitrogens with zero attached hydrogens (tertiary/aromatic N) is 2. The molecule has 1 atom stereocenters. The highest BCUT2D eigenvalue weighted by molar-refractivity contribution is 8.00. The molecule has 0 amide bonds. The molecule has 0 aliphatic rings. The summed E-state index contributed by atoms with van der Waals surface area (Å²) in [4.78, 5) is 15.8. The molecular formula is C12H14N2O2S. The normalized spacial score (nSPS) is 12.6. The first kappa shape index (κ1) is 12.0. The number of imidazole rings is 1. The third kappa shape index (κ3) is 2.61. The number of rotatable bonds is 4. The van der Waals surface area contributed by atoms with Crippen LogP contribution in [0.4, 0.5) is 0 Å². The first-order valence-corrected chi connectivity index (χ1v) is 6.35. The van der Waals surface area contributed by atoms with Gasteiger partial charge in [-0.15, -0.1) is 0 Å². The van der Waals surface area contributed by atoms with E-state index < -0.39 is 0 Å². The van der Waals surface area contributed by atoms with Crippen molar-refractivity contribution >= 4 is 23.2 Å². The zero-order valence-electron chi connectivity index (χ0n) is 9.79. The molecule has 17 heavy (non-hydrogen) atoms. The van der Waals surface area contributed by atoms with Crippen LogP contribution in [0.25, 0.3) is 5.52 Å². The van der Waals surface area contributed by atoms with Gasteiger partial charge in [0.05, 0.1) is 18.3 Å². The van der Waals surface area contributed by atoms with Gasteiger partial charge in [0.1, 0.15) is 5.25 Å². The van der Waals surface area contributed by atoms with Crippen LogP contribution in [0.2, 0.25) is 0 Å². The molecule has 4 nitrogen and oxygen atoms in total. The van der Waals surface area contributed by atoms with Gasteiger partial charge in [0.2, 0.25) is 0 Å². The number of hydrogen-bond acceptors (Lipinski definition) is 4. The quantitative estimate of drug-likeness (QED) is 0.617. The Labute approximate surface area is 104 Å². The van der Waals surface area contributed by atoms with Crippen LogP contribution in [0.5, 0.6) is 0 Å². The molecule has 0 saturated heterocycles. The smallest absolute Gasteiger partial charge is 0.319 e. The third-order valence-electron chi connectivity index (χ3n) is 2.31. The van der Waals surface area contributed by atoms with Gasteiger partial charge in [0.15, 0.2) is 5.16 Å². The SMILES string of the molecule is CCOC(=O)C(C)Sc1ncc2ccccn12. The molecule has 5 heteroatoms. The highest BCUT2D eigenvalue weighted by atomic mass is 32.2. The first-order valence-electron chi connectivity index (χ1n) is 5.47. The molecule has 0 saturated carbocycles. The largest absolute Gasteiger partial charge is 0.465 e. The molecule has 0 aromatic carbocycles. The molecule has 0 spiro atoms. The summed E-state index contributed by atoms with van der Waals surface area (Å²) < 4.78 is 6.93. The molecule has 90 valence electrons. The van der Waals surface area contributed by atoms with E-state index in [1.54, 1.807) is 13.1 Å². The molecule has 0 aliphatic heterocycles. The summed E-state index contributed by atoms with van der Waals surface area (Å²) in [6, 6.07) is 5.88. The lowest BCUT2D eigenvalue weighted by atomic mass is 10.4. The van der Waals surface area contributed by atoms with Gasteiger partial charge in [0.25, 0.3) is 0 Å². The van der Waals surface area contributed by atoms with E-state index in [0.29, 0.717) is 6.61 Å². The molecule has 0 N–H and O–H groups in total. The van der Waals surface area contributed by atoms with Crippen molar-refractivity contribution in [3.05, 3.63) is 30.6 Å². The molecule has 0 fully saturated rings. The van der Waals surface area contributed by atoms with E-state index in [9.17, 15) is 4.79 Å². The van der Waals surface area contributed by atoms with Crippen molar-refractivity contribution in [1.29, 1.82) is 0 Å². The zero-order valence-corrected chi connectivity index (χ0v) is 10.6. The highest BCUT2D eigenvalue weighted by Gasteiger charge is 2.17. The molecule has 0 aliphatic carbocycles. The average Bonchev–Trinajstić information content (AvgIpc) is 2.73. The van der Waals surface area contributed by atoms with Gasteiger partial charge < -0.3 is 4.74 Å². The van der Waals surface area contributed by atoms with E-state index in [0.717, 1.165) is 10.7 Å². The summed E-state index contributed by atoms with van der Waals surface area (Å²) in [6.45, 7) is 4.04. The molecule has 2 heterocycles. The number of fused-ring (bicyclic) bond motifs is 1. The maximum atomic E-state index is 11.5. The average molecular weight is 250 g/mol.